The third kappa shape index (κ3) is 3.83. The quantitative estimate of drug-likeness (QED) is 0.474. The molecule has 0 saturated heterocycles. The van der Waals surface area contributed by atoms with Crippen molar-refractivity contribution in [3.05, 3.63) is 50.1 Å². The van der Waals surface area contributed by atoms with Crippen LogP contribution in [0.15, 0.2) is 34.2 Å². The van der Waals surface area contributed by atoms with E-state index in [0.717, 1.165) is 35.0 Å². The second-order valence-corrected chi connectivity index (χ2v) is 10.2. The summed E-state index contributed by atoms with van der Waals surface area (Å²) in [6.07, 6.45) is 2.99. The standard InChI is InChI=1S/C21H22ClN3O2S2/c1-11-4-9-15-16(10-11)29-19-17(15)20(27)25(14-7-5-13(22)6-8-14)21(24-19)28-12(2)18(26)23-3/h5-8,11-12H,4,9-10H2,1-3H3,(H,23,26). The molecule has 1 aliphatic rings. The van der Waals surface area contributed by atoms with E-state index in [0.29, 0.717) is 21.8 Å². The molecule has 1 aromatic carbocycles. The van der Waals surface area contributed by atoms with Crippen molar-refractivity contribution < 1.29 is 4.79 Å². The number of aryl methyl sites for hydroxylation is 1. The number of hydrogen-bond acceptors (Lipinski definition) is 5. The Morgan fingerprint density at radius 1 is 1.38 bits per heavy atom. The molecule has 4 rings (SSSR count). The molecule has 2 heterocycles. The number of nitrogens with one attached hydrogen (secondary N) is 1. The largest absolute Gasteiger partial charge is 0.358 e. The van der Waals surface area contributed by atoms with Crippen molar-refractivity contribution in [2.24, 2.45) is 5.92 Å². The molecular formula is C21H22ClN3O2S2. The Bertz CT molecular complexity index is 1140. The van der Waals surface area contributed by atoms with Gasteiger partial charge in [-0.2, -0.15) is 0 Å². The van der Waals surface area contributed by atoms with Crippen LogP contribution in [0.1, 0.15) is 30.7 Å². The van der Waals surface area contributed by atoms with Gasteiger partial charge in [0.05, 0.1) is 16.3 Å². The predicted octanol–water partition coefficient (Wildman–Crippen LogP) is 4.45. The van der Waals surface area contributed by atoms with Crippen molar-refractivity contribution in [3.8, 4) is 5.69 Å². The van der Waals surface area contributed by atoms with Gasteiger partial charge in [0.25, 0.3) is 5.56 Å². The lowest BCUT2D eigenvalue weighted by Crippen LogP contribution is -2.29. The van der Waals surface area contributed by atoms with Gasteiger partial charge in [0, 0.05) is 16.9 Å². The molecule has 2 aromatic heterocycles. The molecule has 0 spiro atoms. The molecule has 8 heteroatoms. The maximum absolute atomic E-state index is 13.7. The van der Waals surface area contributed by atoms with Crippen LogP contribution in [-0.2, 0) is 17.6 Å². The third-order valence-corrected chi connectivity index (χ3v) is 7.73. The molecule has 29 heavy (non-hydrogen) atoms. The summed E-state index contributed by atoms with van der Waals surface area (Å²) in [5, 5.41) is 4.13. The van der Waals surface area contributed by atoms with Crippen LogP contribution >= 0.6 is 34.7 Å². The van der Waals surface area contributed by atoms with Gasteiger partial charge in [0.15, 0.2) is 5.16 Å². The number of carbonyl (C=O) groups excluding carboxylic acids is 1. The van der Waals surface area contributed by atoms with Crippen LogP contribution in [0, 0.1) is 5.92 Å². The normalized spacial score (nSPS) is 17.2. The Hall–Kier alpha value is -1.83. The minimum Gasteiger partial charge on any atom is -0.358 e. The SMILES string of the molecule is CNC(=O)C(C)Sc1nc2sc3c(c2c(=O)n1-c1ccc(Cl)cc1)CCC(C)C3. The van der Waals surface area contributed by atoms with E-state index in [1.54, 1.807) is 35.1 Å². The average Bonchev–Trinajstić information content (AvgIpc) is 3.06. The molecule has 152 valence electrons. The zero-order valence-corrected chi connectivity index (χ0v) is 18.9. The van der Waals surface area contributed by atoms with E-state index in [1.807, 2.05) is 19.1 Å². The number of hydrogen-bond donors (Lipinski definition) is 1. The lowest BCUT2D eigenvalue weighted by Gasteiger charge is -2.18. The monoisotopic (exact) mass is 447 g/mol. The summed E-state index contributed by atoms with van der Waals surface area (Å²) >= 11 is 8.96. The highest BCUT2D eigenvalue weighted by Crippen LogP contribution is 2.37. The number of thioether (sulfide) groups is 1. The number of nitrogens with zero attached hydrogens (tertiary/aromatic N) is 2. The molecule has 1 aliphatic carbocycles. The number of benzene rings is 1. The maximum Gasteiger partial charge on any atom is 0.267 e. The van der Waals surface area contributed by atoms with Gasteiger partial charge >= 0.3 is 0 Å². The summed E-state index contributed by atoms with van der Waals surface area (Å²) in [7, 11) is 1.61. The lowest BCUT2D eigenvalue weighted by molar-refractivity contribution is -0.119. The molecule has 2 atom stereocenters. The second-order valence-electron chi connectivity index (χ2n) is 7.42. The zero-order valence-electron chi connectivity index (χ0n) is 16.5. The van der Waals surface area contributed by atoms with E-state index in [2.05, 4.69) is 12.2 Å². The highest BCUT2D eigenvalue weighted by Gasteiger charge is 2.26. The molecule has 5 nitrogen and oxygen atoms in total. The van der Waals surface area contributed by atoms with Crippen LogP contribution in [0.25, 0.3) is 15.9 Å². The highest BCUT2D eigenvalue weighted by molar-refractivity contribution is 8.00. The molecule has 0 radical (unpaired) electrons. The number of thiophene rings is 1. The van der Waals surface area contributed by atoms with Gasteiger partial charge in [0.1, 0.15) is 4.83 Å². The number of halogens is 1. The first-order valence-corrected chi connectivity index (χ1v) is 11.7. The van der Waals surface area contributed by atoms with Gasteiger partial charge in [0.2, 0.25) is 5.91 Å². The van der Waals surface area contributed by atoms with E-state index in [-0.39, 0.29) is 16.7 Å². The van der Waals surface area contributed by atoms with Crippen molar-refractivity contribution in [3.63, 3.8) is 0 Å². The van der Waals surface area contributed by atoms with Gasteiger partial charge in [-0.05, 0) is 61.9 Å². The second kappa shape index (κ2) is 8.13. The molecule has 0 fully saturated rings. The molecule has 0 aliphatic heterocycles. The van der Waals surface area contributed by atoms with Crippen molar-refractivity contribution in [1.82, 2.24) is 14.9 Å². The van der Waals surface area contributed by atoms with Crippen molar-refractivity contribution >= 4 is 50.8 Å². The summed E-state index contributed by atoms with van der Waals surface area (Å²) in [6, 6.07) is 7.14. The van der Waals surface area contributed by atoms with Crippen LogP contribution in [0.5, 0.6) is 0 Å². The van der Waals surface area contributed by atoms with Crippen LogP contribution in [0.3, 0.4) is 0 Å². The minimum absolute atomic E-state index is 0.0732. The predicted molar refractivity (Wildman–Crippen MR) is 121 cm³/mol. The van der Waals surface area contributed by atoms with Gasteiger partial charge < -0.3 is 5.32 Å². The zero-order chi connectivity index (χ0) is 20.7. The fourth-order valence-electron chi connectivity index (χ4n) is 3.68. The van der Waals surface area contributed by atoms with Crippen molar-refractivity contribution in [1.29, 1.82) is 0 Å². The minimum atomic E-state index is -0.377. The molecule has 1 N–H and O–H groups in total. The van der Waals surface area contributed by atoms with Crippen LogP contribution in [-0.4, -0.2) is 27.8 Å². The van der Waals surface area contributed by atoms with E-state index in [1.165, 1.54) is 16.6 Å². The molecule has 1 amide bonds. The Balaban J connectivity index is 1.94. The number of amides is 1. The summed E-state index contributed by atoms with van der Waals surface area (Å²) in [6.45, 7) is 4.06. The fourth-order valence-corrected chi connectivity index (χ4v) is 6.22. The summed E-state index contributed by atoms with van der Waals surface area (Å²) < 4.78 is 1.62. The van der Waals surface area contributed by atoms with Gasteiger partial charge in [-0.15, -0.1) is 11.3 Å². The van der Waals surface area contributed by atoms with E-state index in [9.17, 15) is 9.59 Å². The van der Waals surface area contributed by atoms with Gasteiger partial charge in [-0.3, -0.25) is 14.2 Å². The van der Waals surface area contributed by atoms with E-state index >= 15 is 0 Å². The molecule has 2 unspecified atom stereocenters. The van der Waals surface area contributed by atoms with E-state index < -0.39 is 0 Å². The first kappa shape index (κ1) is 20.4. The first-order chi connectivity index (χ1) is 13.9. The van der Waals surface area contributed by atoms with Crippen LogP contribution < -0.4 is 10.9 Å². The average molecular weight is 448 g/mol. The maximum atomic E-state index is 13.7. The molecular weight excluding hydrogens is 426 g/mol. The summed E-state index contributed by atoms with van der Waals surface area (Å²) in [5.74, 6) is 0.516. The number of rotatable bonds is 4. The molecule has 3 aromatic rings. The molecule has 0 saturated carbocycles. The third-order valence-electron chi connectivity index (χ3n) is 5.28. The summed E-state index contributed by atoms with van der Waals surface area (Å²) in [4.78, 5) is 32.6. The smallest absolute Gasteiger partial charge is 0.267 e. The Labute approximate surface area is 182 Å². The molecule has 0 bridgehead atoms. The number of carbonyl (C=O) groups is 1. The Morgan fingerprint density at radius 2 is 2.10 bits per heavy atom. The summed E-state index contributed by atoms with van der Waals surface area (Å²) in [5.41, 5.74) is 1.78. The van der Waals surface area contributed by atoms with Crippen LogP contribution in [0.4, 0.5) is 0 Å². The van der Waals surface area contributed by atoms with Gasteiger partial charge in [-0.1, -0.05) is 30.3 Å². The van der Waals surface area contributed by atoms with Crippen molar-refractivity contribution in [2.75, 3.05) is 7.05 Å². The lowest BCUT2D eigenvalue weighted by atomic mass is 9.89. The number of aromatic nitrogens is 2. The Kier molecular flexibility index (Phi) is 5.73. The van der Waals surface area contributed by atoms with Crippen LogP contribution in [0.2, 0.25) is 5.02 Å². The highest BCUT2D eigenvalue weighted by atomic mass is 35.5. The fraction of sp³-hybridized carbons (Fsp3) is 0.381. The van der Waals surface area contributed by atoms with E-state index in [4.69, 9.17) is 16.6 Å². The number of fused-ring (bicyclic) bond motifs is 3. The Morgan fingerprint density at radius 3 is 2.79 bits per heavy atom. The van der Waals surface area contributed by atoms with Gasteiger partial charge in [-0.25, -0.2) is 4.98 Å². The van der Waals surface area contributed by atoms with Crippen molar-refractivity contribution in [2.45, 2.75) is 43.5 Å². The first-order valence-electron chi connectivity index (χ1n) is 9.60. The topological polar surface area (TPSA) is 64.0 Å².